The second kappa shape index (κ2) is 7.90. The second-order valence-electron chi connectivity index (χ2n) is 6.07. The van der Waals surface area contributed by atoms with Crippen LogP contribution in [0.4, 0.5) is 5.95 Å². The number of benzene rings is 1. The summed E-state index contributed by atoms with van der Waals surface area (Å²) in [6.07, 6.45) is 3.47. The van der Waals surface area contributed by atoms with Crippen LogP contribution in [0.25, 0.3) is 11.2 Å². The largest absolute Gasteiger partial charge is 0.497 e. The zero-order valence-corrected chi connectivity index (χ0v) is 15.5. The molecule has 2 N–H and O–H groups in total. The first-order chi connectivity index (χ1) is 13.0. The Morgan fingerprint density at radius 1 is 1.30 bits per heavy atom. The molecule has 0 aliphatic carbocycles. The molecule has 27 heavy (non-hydrogen) atoms. The van der Waals surface area contributed by atoms with Gasteiger partial charge in [-0.25, -0.2) is 10.2 Å². The van der Waals surface area contributed by atoms with Gasteiger partial charge in [0.15, 0.2) is 11.2 Å². The number of hydrogen-bond donors (Lipinski definition) is 2. The van der Waals surface area contributed by atoms with E-state index in [1.165, 1.54) is 4.57 Å². The second-order valence-corrected chi connectivity index (χ2v) is 6.07. The summed E-state index contributed by atoms with van der Waals surface area (Å²) in [6.45, 7) is 2.66. The Morgan fingerprint density at radius 2 is 2.04 bits per heavy atom. The van der Waals surface area contributed by atoms with Crippen molar-refractivity contribution in [1.82, 2.24) is 19.1 Å². The molecular weight excluding hydrogens is 348 g/mol. The monoisotopic (exact) mass is 370 g/mol. The number of ether oxygens (including phenoxy) is 1. The highest BCUT2D eigenvalue weighted by Gasteiger charge is 2.16. The van der Waals surface area contributed by atoms with Crippen molar-refractivity contribution in [1.29, 1.82) is 0 Å². The van der Waals surface area contributed by atoms with Crippen LogP contribution in [0.5, 0.6) is 5.75 Å². The van der Waals surface area contributed by atoms with Crippen molar-refractivity contribution in [2.75, 3.05) is 12.5 Å². The first-order valence-corrected chi connectivity index (χ1v) is 8.67. The lowest BCUT2D eigenvalue weighted by molar-refractivity contribution is 0.415. The van der Waals surface area contributed by atoms with Gasteiger partial charge in [-0.2, -0.15) is 10.1 Å². The SMILES string of the molecule is CCCCn1c(NN=Cc2ccc(OC)cc2)nc2c1c(=O)[nH]c(=O)n2C. The van der Waals surface area contributed by atoms with Crippen molar-refractivity contribution in [3.8, 4) is 5.75 Å². The van der Waals surface area contributed by atoms with E-state index in [2.05, 4.69) is 27.4 Å². The summed E-state index contributed by atoms with van der Waals surface area (Å²) in [6, 6.07) is 7.43. The number of imidazole rings is 1. The summed E-state index contributed by atoms with van der Waals surface area (Å²) in [7, 11) is 3.18. The number of hydrazone groups is 1. The van der Waals surface area contributed by atoms with Gasteiger partial charge in [-0.1, -0.05) is 13.3 Å². The molecule has 0 aliphatic rings. The van der Waals surface area contributed by atoms with E-state index < -0.39 is 11.2 Å². The fourth-order valence-electron chi connectivity index (χ4n) is 2.71. The van der Waals surface area contributed by atoms with Crippen molar-refractivity contribution in [2.45, 2.75) is 26.3 Å². The predicted molar refractivity (Wildman–Crippen MR) is 105 cm³/mol. The highest BCUT2D eigenvalue weighted by atomic mass is 16.5. The maximum Gasteiger partial charge on any atom is 0.329 e. The average molecular weight is 370 g/mol. The number of aryl methyl sites for hydroxylation is 2. The molecule has 0 aliphatic heterocycles. The highest BCUT2D eigenvalue weighted by Crippen LogP contribution is 2.16. The standard InChI is InChI=1S/C18H22N6O3/c1-4-5-10-24-14-15(23(2)18(26)21-16(14)25)20-17(24)22-19-11-12-6-8-13(27-3)9-7-12/h6-9,11H,4-5,10H2,1-3H3,(H,20,22)(H,21,25,26). The number of anilines is 1. The Labute approximate surface area is 155 Å². The molecule has 3 aromatic rings. The maximum atomic E-state index is 12.3. The summed E-state index contributed by atoms with van der Waals surface area (Å²) in [5.74, 6) is 1.18. The molecule has 0 fully saturated rings. The van der Waals surface area contributed by atoms with E-state index in [0.717, 1.165) is 24.2 Å². The van der Waals surface area contributed by atoms with Gasteiger partial charge in [0.1, 0.15) is 5.75 Å². The van der Waals surface area contributed by atoms with E-state index in [1.807, 2.05) is 24.3 Å². The Morgan fingerprint density at radius 3 is 2.70 bits per heavy atom. The minimum atomic E-state index is -0.499. The molecule has 0 atom stereocenters. The van der Waals surface area contributed by atoms with E-state index in [9.17, 15) is 9.59 Å². The highest BCUT2D eigenvalue weighted by molar-refractivity contribution is 5.80. The van der Waals surface area contributed by atoms with Crippen molar-refractivity contribution in [2.24, 2.45) is 12.1 Å². The zero-order valence-electron chi connectivity index (χ0n) is 15.5. The Kier molecular flexibility index (Phi) is 5.39. The molecule has 2 aromatic heterocycles. The third-order valence-corrected chi connectivity index (χ3v) is 4.24. The predicted octanol–water partition coefficient (Wildman–Crippen LogP) is 1.68. The number of unbranched alkanes of at least 4 members (excludes halogenated alkanes) is 1. The van der Waals surface area contributed by atoms with Crippen LogP contribution in [0.2, 0.25) is 0 Å². The summed E-state index contributed by atoms with van der Waals surface area (Å²) >= 11 is 0. The van der Waals surface area contributed by atoms with Crippen LogP contribution in [0, 0.1) is 0 Å². The summed E-state index contributed by atoms with van der Waals surface area (Å²) in [5.41, 5.74) is 3.49. The lowest BCUT2D eigenvalue weighted by atomic mass is 10.2. The smallest absolute Gasteiger partial charge is 0.329 e. The number of rotatable bonds is 7. The fourth-order valence-corrected chi connectivity index (χ4v) is 2.71. The van der Waals surface area contributed by atoms with Gasteiger partial charge in [0.2, 0.25) is 5.95 Å². The molecule has 0 radical (unpaired) electrons. The van der Waals surface area contributed by atoms with Crippen LogP contribution < -0.4 is 21.4 Å². The van der Waals surface area contributed by atoms with E-state index in [1.54, 1.807) is 24.9 Å². The molecule has 1 aromatic carbocycles. The summed E-state index contributed by atoms with van der Waals surface area (Å²) in [5, 5.41) is 4.21. The van der Waals surface area contributed by atoms with Crippen molar-refractivity contribution >= 4 is 23.3 Å². The van der Waals surface area contributed by atoms with Crippen LogP contribution in [0.3, 0.4) is 0 Å². The maximum absolute atomic E-state index is 12.3. The quantitative estimate of drug-likeness (QED) is 0.486. The lowest BCUT2D eigenvalue weighted by Gasteiger charge is -2.07. The van der Waals surface area contributed by atoms with Crippen molar-refractivity contribution < 1.29 is 4.74 Å². The van der Waals surface area contributed by atoms with E-state index in [-0.39, 0.29) is 0 Å². The molecule has 2 heterocycles. The minimum Gasteiger partial charge on any atom is -0.497 e. The molecule has 0 spiro atoms. The van der Waals surface area contributed by atoms with Gasteiger partial charge in [0.25, 0.3) is 5.56 Å². The molecule has 0 amide bonds. The molecule has 0 saturated heterocycles. The number of fused-ring (bicyclic) bond motifs is 1. The first kappa shape index (κ1) is 18.4. The molecule has 9 nitrogen and oxygen atoms in total. The van der Waals surface area contributed by atoms with Gasteiger partial charge in [0, 0.05) is 13.6 Å². The first-order valence-electron chi connectivity index (χ1n) is 8.67. The van der Waals surface area contributed by atoms with Gasteiger partial charge in [-0.3, -0.25) is 14.3 Å². The molecule has 142 valence electrons. The van der Waals surface area contributed by atoms with Gasteiger partial charge in [-0.15, -0.1) is 0 Å². The Bertz CT molecular complexity index is 1080. The average Bonchev–Trinajstić information content (AvgIpc) is 3.04. The molecule has 3 rings (SSSR count). The van der Waals surface area contributed by atoms with Crippen LogP contribution in [-0.4, -0.2) is 32.4 Å². The number of aromatic amines is 1. The summed E-state index contributed by atoms with van der Waals surface area (Å²) in [4.78, 5) is 30.9. The van der Waals surface area contributed by atoms with Gasteiger partial charge in [0.05, 0.1) is 13.3 Å². The normalized spacial score (nSPS) is 11.4. The van der Waals surface area contributed by atoms with E-state index >= 15 is 0 Å². The minimum absolute atomic E-state index is 0.321. The molecule has 0 unspecified atom stereocenters. The van der Waals surface area contributed by atoms with E-state index in [0.29, 0.717) is 23.7 Å². The lowest BCUT2D eigenvalue weighted by Crippen LogP contribution is -2.29. The van der Waals surface area contributed by atoms with Gasteiger partial charge >= 0.3 is 5.69 Å². The third kappa shape index (κ3) is 3.76. The van der Waals surface area contributed by atoms with Gasteiger partial charge < -0.3 is 9.30 Å². The molecule has 0 bridgehead atoms. The third-order valence-electron chi connectivity index (χ3n) is 4.24. The zero-order chi connectivity index (χ0) is 19.4. The molecule has 0 saturated carbocycles. The van der Waals surface area contributed by atoms with Crippen molar-refractivity contribution in [3.63, 3.8) is 0 Å². The van der Waals surface area contributed by atoms with Gasteiger partial charge in [-0.05, 0) is 36.2 Å². The molecular formula is C18H22N6O3. The number of hydrogen-bond acceptors (Lipinski definition) is 6. The number of H-pyrrole nitrogens is 1. The van der Waals surface area contributed by atoms with Crippen LogP contribution in [0.15, 0.2) is 39.0 Å². The van der Waals surface area contributed by atoms with Crippen LogP contribution >= 0.6 is 0 Å². The van der Waals surface area contributed by atoms with Crippen molar-refractivity contribution in [3.05, 3.63) is 50.7 Å². The van der Waals surface area contributed by atoms with Crippen LogP contribution in [-0.2, 0) is 13.6 Å². The molecule has 9 heteroatoms. The number of nitrogens with one attached hydrogen (secondary N) is 2. The van der Waals surface area contributed by atoms with Crippen LogP contribution in [0.1, 0.15) is 25.3 Å². The Hall–Kier alpha value is -3.36. The summed E-state index contributed by atoms with van der Waals surface area (Å²) < 4.78 is 8.20. The number of methoxy groups -OCH3 is 1. The Balaban J connectivity index is 1.95. The number of nitrogens with zero attached hydrogens (tertiary/aromatic N) is 4. The topological polar surface area (TPSA) is 106 Å². The van der Waals surface area contributed by atoms with E-state index in [4.69, 9.17) is 4.74 Å². The fraction of sp³-hybridized carbons (Fsp3) is 0.333. The number of aromatic nitrogens is 4.